The van der Waals surface area contributed by atoms with E-state index in [-0.39, 0.29) is 75.1 Å². The van der Waals surface area contributed by atoms with E-state index in [0.29, 0.717) is 12.4 Å². The summed E-state index contributed by atoms with van der Waals surface area (Å²) in [5, 5.41) is 3.03. The van der Waals surface area contributed by atoms with Crippen LogP contribution in [0.5, 0.6) is 5.75 Å². The molecular weight excluding hydrogens is 794 g/mol. The molecule has 3 aromatic rings. The zero-order valence-electron chi connectivity index (χ0n) is 34.7. The maximum atomic E-state index is 12.7. The van der Waals surface area contributed by atoms with Crippen molar-refractivity contribution >= 4 is 16.3 Å². The van der Waals surface area contributed by atoms with Gasteiger partial charge in [-0.05, 0) is 29.7 Å². The van der Waals surface area contributed by atoms with Crippen molar-refractivity contribution in [3.05, 3.63) is 102 Å². The zero-order valence-corrected chi connectivity index (χ0v) is 37.5. The van der Waals surface area contributed by atoms with Crippen molar-refractivity contribution in [2.24, 2.45) is 5.41 Å². The van der Waals surface area contributed by atoms with E-state index in [2.05, 4.69) is 12.2 Å². The minimum Gasteiger partial charge on any atom is -0.726 e. The number of hydrogen-bond acceptors (Lipinski definition) is 13. The SMILES string of the molecule is CCCCCCCCO[C@H]1O[C@H](COCC2(COS(=O)(=O)[O-])COC(c3ccc(OC)cc3)OC2)[C@@H](OCc2ccccc2)[C@H](OCc2ccccc2)[C@H]1NC(C)=O.[Na+]. The van der Waals surface area contributed by atoms with Gasteiger partial charge in [0.1, 0.15) is 30.1 Å². The van der Waals surface area contributed by atoms with Crippen LogP contribution < -0.4 is 39.6 Å². The molecule has 2 heterocycles. The van der Waals surface area contributed by atoms with Crippen molar-refractivity contribution in [1.82, 2.24) is 5.32 Å². The Labute approximate surface area is 371 Å². The summed E-state index contributed by atoms with van der Waals surface area (Å²) in [6, 6.07) is 25.8. The number of methoxy groups -OCH3 is 1. The molecule has 0 aromatic heterocycles. The van der Waals surface area contributed by atoms with Crippen LogP contribution in [0, 0.1) is 5.41 Å². The summed E-state index contributed by atoms with van der Waals surface area (Å²) in [4.78, 5) is 12.7. The first-order valence-electron chi connectivity index (χ1n) is 20.0. The Morgan fingerprint density at radius 1 is 0.814 bits per heavy atom. The fraction of sp³-hybridized carbons (Fsp3) is 0.558. The van der Waals surface area contributed by atoms with E-state index in [1.807, 2.05) is 60.7 Å². The van der Waals surface area contributed by atoms with E-state index in [1.54, 1.807) is 31.4 Å². The monoisotopic (exact) mass is 851 g/mol. The van der Waals surface area contributed by atoms with Gasteiger partial charge in [0.2, 0.25) is 16.3 Å². The number of amides is 1. The number of nitrogens with one attached hydrogen (secondary N) is 1. The van der Waals surface area contributed by atoms with Gasteiger partial charge in [-0.15, -0.1) is 0 Å². The van der Waals surface area contributed by atoms with Gasteiger partial charge in [-0.2, -0.15) is 0 Å². The average molecular weight is 852 g/mol. The molecule has 0 radical (unpaired) electrons. The summed E-state index contributed by atoms with van der Waals surface area (Å²) in [5.41, 5.74) is 1.39. The second-order valence-electron chi connectivity index (χ2n) is 14.8. The average Bonchev–Trinajstić information content (AvgIpc) is 3.23. The summed E-state index contributed by atoms with van der Waals surface area (Å²) in [7, 11) is -3.47. The Balaban J connectivity index is 0.00000769. The summed E-state index contributed by atoms with van der Waals surface area (Å²) in [6.07, 6.45) is 2.42. The molecule has 1 amide bonds. The second kappa shape index (κ2) is 25.5. The van der Waals surface area contributed by atoms with Crippen molar-refractivity contribution in [3.8, 4) is 5.75 Å². The van der Waals surface area contributed by atoms with E-state index in [1.165, 1.54) is 13.3 Å². The van der Waals surface area contributed by atoms with Gasteiger partial charge in [0.15, 0.2) is 12.6 Å². The molecule has 0 spiro atoms. The van der Waals surface area contributed by atoms with Crippen molar-refractivity contribution in [2.45, 2.75) is 103 Å². The zero-order chi connectivity index (χ0) is 41.2. The van der Waals surface area contributed by atoms with Crippen LogP contribution in [0.2, 0.25) is 0 Å². The van der Waals surface area contributed by atoms with Gasteiger partial charge < -0.3 is 47.8 Å². The van der Waals surface area contributed by atoms with Crippen molar-refractivity contribution in [3.63, 3.8) is 0 Å². The molecule has 2 aliphatic rings. The topological polar surface area (TPSA) is 169 Å². The third-order valence-corrected chi connectivity index (χ3v) is 10.4. The molecule has 5 atom stereocenters. The van der Waals surface area contributed by atoms with Crippen LogP contribution in [0.4, 0.5) is 0 Å². The molecule has 0 saturated carbocycles. The summed E-state index contributed by atoms with van der Waals surface area (Å²) in [5.74, 6) is 0.380. The maximum Gasteiger partial charge on any atom is 1.00 e. The summed E-state index contributed by atoms with van der Waals surface area (Å²) < 4.78 is 89.6. The van der Waals surface area contributed by atoms with Gasteiger partial charge in [-0.1, -0.05) is 112 Å². The second-order valence-corrected chi connectivity index (χ2v) is 15.9. The molecule has 320 valence electrons. The van der Waals surface area contributed by atoms with Crippen LogP contribution >= 0.6 is 0 Å². The van der Waals surface area contributed by atoms with E-state index >= 15 is 0 Å². The van der Waals surface area contributed by atoms with E-state index in [9.17, 15) is 17.8 Å². The third-order valence-electron chi connectivity index (χ3n) is 10.0. The standard InChI is InChI=1S/C43H59NO13S.Na/c1-4-5-6-7-8-15-24-51-42-38(44-32(2)45)40(53-26-34-18-13-10-14-19-34)39(52-25-33-16-11-9-12-17-33)37(57-42)27-50-28-43(31-56-58(46,47)48)29-54-41(55-30-43)35-20-22-36(49-3)23-21-35;/h9-14,16-23,37-42H,4-8,15,24-31H2,1-3H3,(H,44,45)(H,46,47,48);/q;+1/p-1/t37-,38-,39-,40-,41?,42+,43?;/m1./s1. The molecule has 1 N–H and O–H groups in total. The molecule has 2 aliphatic heterocycles. The van der Waals surface area contributed by atoms with Crippen LogP contribution in [-0.4, -0.2) is 96.3 Å². The molecule has 5 rings (SSSR count). The van der Waals surface area contributed by atoms with Crippen molar-refractivity contribution < 1.29 is 89.4 Å². The van der Waals surface area contributed by atoms with Gasteiger partial charge >= 0.3 is 29.6 Å². The normalized spacial score (nSPS) is 24.5. The molecule has 59 heavy (non-hydrogen) atoms. The molecule has 2 fully saturated rings. The number of ether oxygens (including phenoxy) is 8. The molecule has 3 aromatic carbocycles. The van der Waals surface area contributed by atoms with Gasteiger partial charge in [0, 0.05) is 19.1 Å². The fourth-order valence-corrected chi connectivity index (χ4v) is 7.32. The van der Waals surface area contributed by atoms with Gasteiger partial charge in [0.05, 0.1) is 58.8 Å². The molecule has 14 nitrogen and oxygen atoms in total. The Bertz CT molecular complexity index is 1730. The van der Waals surface area contributed by atoms with E-state index in [0.717, 1.165) is 48.8 Å². The minimum absolute atomic E-state index is 0. The predicted octanol–water partition coefficient (Wildman–Crippen LogP) is 3.00. The summed E-state index contributed by atoms with van der Waals surface area (Å²) >= 11 is 0. The third kappa shape index (κ3) is 16.4. The van der Waals surface area contributed by atoms with Crippen LogP contribution in [0.25, 0.3) is 0 Å². The number of rotatable bonds is 24. The Morgan fingerprint density at radius 2 is 1.41 bits per heavy atom. The first-order chi connectivity index (χ1) is 28.1. The molecule has 2 saturated heterocycles. The largest absolute Gasteiger partial charge is 1.00 e. The number of carbonyl (C=O) groups excluding carboxylic acids is 1. The number of hydrogen-bond donors (Lipinski definition) is 1. The minimum atomic E-state index is -5.04. The van der Waals surface area contributed by atoms with Crippen LogP contribution in [0.3, 0.4) is 0 Å². The van der Waals surface area contributed by atoms with Crippen LogP contribution in [0.15, 0.2) is 84.9 Å². The van der Waals surface area contributed by atoms with Gasteiger partial charge in [-0.3, -0.25) is 8.98 Å². The van der Waals surface area contributed by atoms with E-state index < -0.39 is 59.4 Å². The fourth-order valence-electron chi connectivity index (χ4n) is 6.93. The van der Waals surface area contributed by atoms with Gasteiger partial charge in [-0.25, -0.2) is 8.42 Å². The molecule has 0 aliphatic carbocycles. The quantitative estimate of drug-likeness (QED) is 0.0605. The Hall–Kier alpha value is -2.48. The van der Waals surface area contributed by atoms with Crippen LogP contribution in [0.1, 0.15) is 75.4 Å². The van der Waals surface area contributed by atoms with Crippen molar-refractivity contribution in [2.75, 3.05) is 46.8 Å². The summed E-state index contributed by atoms with van der Waals surface area (Å²) in [6.45, 7) is 3.62. The smallest absolute Gasteiger partial charge is 0.726 e. The predicted molar refractivity (Wildman–Crippen MR) is 212 cm³/mol. The maximum absolute atomic E-state index is 12.7. The molecule has 0 unspecified atom stereocenters. The molecule has 16 heteroatoms. The number of carbonyl (C=O) groups is 1. The Morgan fingerprint density at radius 3 is 1.98 bits per heavy atom. The first kappa shape index (κ1) is 49.2. The molecule has 0 bridgehead atoms. The number of benzene rings is 3. The molecular formula is C43H58NNaO13S. The number of unbranched alkanes of at least 4 members (excludes halogenated alkanes) is 5. The van der Waals surface area contributed by atoms with E-state index in [4.69, 9.17) is 42.1 Å². The first-order valence-corrected chi connectivity index (χ1v) is 21.3. The van der Waals surface area contributed by atoms with Crippen LogP contribution in [-0.2, 0) is 65.7 Å². The Kier molecular flexibility index (Phi) is 21.2. The van der Waals surface area contributed by atoms with Crippen molar-refractivity contribution in [1.29, 1.82) is 0 Å². The van der Waals surface area contributed by atoms with Gasteiger partial charge in [0.25, 0.3) is 0 Å².